The Bertz CT molecular complexity index is 1080. The number of epoxide rings is 1. The van der Waals surface area contributed by atoms with E-state index in [-0.39, 0.29) is 11.9 Å². The van der Waals surface area contributed by atoms with Crippen LogP contribution in [0, 0.1) is 6.92 Å². The van der Waals surface area contributed by atoms with E-state index < -0.39 is 10.0 Å². The van der Waals surface area contributed by atoms with Gasteiger partial charge in [0.2, 0.25) is 10.0 Å². The largest absolute Gasteiger partial charge is 0.490 e. The lowest BCUT2D eigenvalue weighted by atomic mass is 10.2. The summed E-state index contributed by atoms with van der Waals surface area (Å²) in [7, 11) is -3.72. The van der Waals surface area contributed by atoms with Crippen LogP contribution >= 0.6 is 0 Å². The normalized spacial score (nSPS) is 15.7. The highest BCUT2D eigenvalue weighted by Gasteiger charge is 2.27. The molecule has 6 heteroatoms. The van der Waals surface area contributed by atoms with E-state index >= 15 is 0 Å². The molecule has 0 radical (unpaired) electrons. The summed E-state index contributed by atoms with van der Waals surface area (Å²) in [5.74, 6) is 0.404. The Labute approximate surface area is 171 Å². The summed E-state index contributed by atoms with van der Waals surface area (Å²) < 4.78 is 39.5. The number of rotatable bonds is 8. The van der Waals surface area contributed by atoms with Crippen LogP contribution in [0.25, 0.3) is 0 Å². The fourth-order valence-corrected chi connectivity index (χ4v) is 4.80. The van der Waals surface area contributed by atoms with E-state index in [1.165, 1.54) is 4.31 Å². The number of nitrogens with zero attached hydrogens (tertiary/aromatic N) is 1. The van der Waals surface area contributed by atoms with Gasteiger partial charge in [0, 0.05) is 5.56 Å². The second-order valence-corrected chi connectivity index (χ2v) is 8.89. The van der Waals surface area contributed by atoms with Gasteiger partial charge in [-0.15, -0.1) is 0 Å². The summed E-state index contributed by atoms with van der Waals surface area (Å²) in [5.41, 5.74) is 2.83. The summed E-state index contributed by atoms with van der Waals surface area (Å²) in [6, 6.07) is 23.9. The van der Waals surface area contributed by atoms with Crippen LogP contribution in [0.2, 0.25) is 0 Å². The van der Waals surface area contributed by atoms with Gasteiger partial charge in [0.05, 0.1) is 23.7 Å². The molecular weight excluding hydrogens is 386 g/mol. The van der Waals surface area contributed by atoms with Crippen molar-refractivity contribution >= 4 is 21.4 Å². The minimum absolute atomic E-state index is 0.104. The molecular formula is C23H23NO4S. The van der Waals surface area contributed by atoms with Crippen molar-refractivity contribution < 1.29 is 17.9 Å². The van der Waals surface area contributed by atoms with Gasteiger partial charge in [-0.1, -0.05) is 48.5 Å². The lowest BCUT2D eigenvalue weighted by Crippen LogP contribution is -2.28. The van der Waals surface area contributed by atoms with Gasteiger partial charge in [0.25, 0.3) is 0 Å². The maximum atomic E-state index is 13.6. The Morgan fingerprint density at radius 1 is 0.966 bits per heavy atom. The molecule has 0 aliphatic carbocycles. The van der Waals surface area contributed by atoms with Gasteiger partial charge < -0.3 is 9.47 Å². The summed E-state index contributed by atoms with van der Waals surface area (Å²) in [5, 5.41) is 0. The van der Waals surface area contributed by atoms with E-state index in [0.29, 0.717) is 35.9 Å². The van der Waals surface area contributed by atoms with Gasteiger partial charge in [-0.25, -0.2) is 12.7 Å². The average Bonchev–Trinajstić information content (AvgIpc) is 3.52. The van der Waals surface area contributed by atoms with Crippen LogP contribution in [-0.2, 0) is 20.5 Å². The van der Waals surface area contributed by atoms with E-state index in [1.54, 1.807) is 24.3 Å². The monoisotopic (exact) mass is 409 g/mol. The molecule has 1 unspecified atom stereocenters. The van der Waals surface area contributed by atoms with Gasteiger partial charge in [0.15, 0.2) is 0 Å². The van der Waals surface area contributed by atoms with Gasteiger partial charge in [-0.05, 0) is 42.8 Å². The van der Waals surface area contributed by atoms with Crippen molar-refractivity contribution in [3.8, 4) is 5.75 Å². The first-order chi connectivity index (χ1) is 14.0. The zero-order chi connectivity index (χ0) is 20.3. The Kier molecular flexibility index (Phi) is 5.56. The topological polar surface area (TPSA) is 59.1 Å². The van der Waals surface area contributed by atoms with Crippen molar-refractivity contribution in [1.29, 1.82) is 0 Å². The number of aryl methyl sites for hydroxylation is 1. The first-order valence-corrected chi connectivity index (χ1v) is 11.1. The predicted octanol–water partition coefficient (Wildman–Crippen LogP) is 4.44. The van der Waals surface area contributed by atoms with Gasteiger partial charge >= 0.3 is 0 Å². The summed E-state index contributed by atoms with van der Waals surface area (Å²) in [6.07, 6.45) is 0.104. The van der Waals surface area contributed by atoms with E-state index in [4.69, 9.17) is 9.47 Å². The minimum Gasteiger partial charge on any atom is -0.490 e. The number of anilines is 2. The predicted molar refractivity (Wildman–Crippen MR) is 114 cm³/mol. The Balaban J connectivity index is 1.69. The third-order valence-corrected chi connectivity index (χ3v) is 6.30. The maximum Gasteiger partial charge on any atom is 0.243 e. The third kappa shape index (κ3) is 4.78. The molecule has 150 valence electrons. The number of hydrogen-bond donors (Lipinski definition) is 0. The Morgan fingerprint density at radius 3 is 2.38 bits per heavy atom. The molecule has 0 aromatic heterocycles. The van der Waals surface area contributed by atoms with Crippen LogP contribution in [-0.4, -0.2) is 27.7 Å². The quantitative estimate of drug-likeness (QED) is 0.516. The molecule has 3 aromatic rings. The fourth-order valence-electron chi connectivity index (χ4n) is 3.16. The van der Waals surface area contributed by atoms with Crippen molar-refractivity contribution in [3.63, 3.8) is 0 Å². The molecule has 1 aliphatic rings. The number of benzene rings is 3. The highest BCUT2D eigenvalue weighted by Crippen LogP contribution is 2.32. The van der Waals surface area contributed by atoms with E-state index in [9.17, 15) is 8.42 Å². The standard InChI is InChI=1S/C23H23NO4S/c1-18-8-7-12-21(14-18)24(20-10-3-2-4-11-20)29(25,26)17-19-9-5-6-13-23(19)28-16-22-15-27-22/h2-14,22H,15-17H2,1H3. The number of ether oxygens (including phenoxy) is 2. The van der Waals surface area contributed by atoms with Crippen molar-refractivity contribution in [2.75, 3.05) is 17.5 Å². The van der Waals surface area contributed by atoms with Crippen LogP contribution in [0.1, 0.15) is 11.1 Å². The average molecular weight is 410 g/mol. The van der Waals surface area contributed by atoms with Crippen LogP contribution in [0.15, 0.2) is 78.9 Å². The third-order valence-electron chi connectivity index (χ3n) is 4.64. The molecule has 4 rings (SSSR count). The van der Waals surface area contributed by atoms with Crippen molar-refractivity contribution in [1.82, 2.24) is 0 Å². The van der Waals surface area contributed by atoms with Crippen molar-refractivity contribution in [2.45, 2.75) is 18.8 Å². The zero-order valence-corrected chi connectivity index (χ0v) is 17.0. The number of hydrogen-bond acceptors (Lipinski definition) is 4. The second-order valence-electron chi connectivity index (χ2n) is 7.07. The summed E-state index contributed by atoms with van der Waals surface area (Å²) in [4.78, 5) is 0. The molecule has 1 aliphatic heterocycles. The van der Waals surface area contributed by atoms with E-state index in [2.05, 4.69) is 0 Å². The first kappa shape index (κ1) is 19.5. The molecule has 0 amide bonds. The highest BCUT2D eigenvalue weighted by atomic mass is 32.2. The van der Waals surface area contributed by atoms with Crippen molar-refractivity contribution in [2.24, 2.45) is 0 Å². The highest BCUT2D eigenvalue weighted by molar-refractivity contribution is 7.92. The molecule has 0 spiro atoms. The van der Waals surface area contributed by atoms with E-state index in [0.717, 1.165) is 5.56 Å². The molecule has 1 atom stereocenters. The molecule has 0 N–H and O–H groups in total. The lowest BCUT2D eigenvalue weighted by molar-refractivity contribution is 0.261. The summed E-state index contributed by atoms with van der Waals surface area (Å²) in [6.45, 7) is 3.06. The zero-order valence-electron chi connectivity index (χ0n) is 16.2. The smallest absolute Gasteiger partial charge is 0.243 e. The lowest BCUT2D eigenvalue weighted by Gasteiger charge is -2.25. The van der Waals surface area contributed by atoms with Crippen LogP contribution in [0.3, 0.4) is 0 Å². The summed E-state index contributed by atoms with van der Waals surface area (Å²) >= 11 is 0. The van der Waals surface area contributed by atoms with Gasteiger partial charge in [0.1, 0.15) is 18.5 Å². The molecule has 29 heavy (non-hydrogen) atoms. The van der Waals surface area contributed by atoms with Crippen LogP contribution in [0.5, 0.6) is 5.75 Å². The maximum absolute atomic E-state index is 13.6. The molecule has 1 saturated heterocycles. The van der Waals surface area contributed by atoms with E-state index in [1.807, 2.05) is 61.5 Å². The van der Waals surface area contributed by atoms with Crippen LogP contribution < -0.4 is 9.04 Å². The number of sulfonamides is 1. The SMILES string of the molecule is Cc1cccc(N(c2ccccc2)S(=O)(=O)Cc2ccccc2OCC2CO2)c1. The first-order valence-electron chi connectivity index (χ1n) is 9.50. The molecule has 0 bridgehead atoms. The van der Waals surface area contributed by atoms with Crippen LogP contribution in [0.4, 0.5) is 11.4 Å². The minimum atomic E-state index is -3.72. The fraction of sp³-hybridized carbons (Fsp3) is 0.217. The van der Waals surface area contributed by atoms with Gasteiger partial charge in [-0.2, -0.15) is 0 Å². The van der Waals surface area contributed by atoms with Crippen molar-refractivity contribution in [3.05, 3.63) is 90.0 Å². The molecule has 0 saturated carbocycles. The molecule has 3 aromatic carbocycles. The molecule has 1 heterocycles. The molecule has 1 fully saturated rings. The Morgan fingerprint density at radius 2 is 1.66 bits per heavy atom. The van der Waals surface area contributed by atoms with Gasteiger partial charge in [-0.3, -0.25) is 0 Å². The number of para-hydroxylation sites is 2. The second kappa shape index (κ2) is 8.27. The Hall–Kier alpha value is -2.83. The molecule has 5 nitrogen and oxygen atoms in total.